The molecule has 1 saturated heterocycles. The fraction of sp³-hybridized carbons (Fsp3) is 0.500. The van der Waals surface area contributed by atoms with E-state index in [0.717, 1.165) is 57.4 Å². The largest absolute Gasteiger partial charge is 0.325 e. The Kier molecular flexibility index (Phi) is 7.59. The van der Waals surface area contributed by atoms with E-state index in [1.165, 1.54) is 6.07 Å². The summed E-state index contributed by atoms with van der Waals surface area (Å²) >= 11 is 0. The molecule has 3 heterocycles. The number of halogens is 3. The number of hydrogen-bond acceptors (Lipinski definition) is 4. The fourth-order valence-electron chi connectivity index (χ4n) is 3.60. The first kappa shape index (κ1) is 21.6. The van der Waals surface area contributed by atoms with E-state index in [1.54, 1.807) is 12.1 Å². The summed E-state index contributed by atoms with van der Waals surface area (Å²) in [4.78, 5) is 12.3. The number of hydrogen-bond donors (Lipinski definition) is 2. The van der Waals surface area contributed by atoms with Crippen molar-refractivity contribution in [3.05, 3.63) is 29.8 Å². The molecule has 1 amide bonds. The molecule has 9 heteroatoms. The maximum absolute atomic E-state index is 14.4. The number of rotatable bonds is 3. The lowest BCUT2D eigenvalue weighted by molar-refractivity contribution is -0.117. The Balaban J connectivity index is 0.00000131. The monoisotopic (exact) mass is 415 g/mol. The molecule has 4 rings (SSSR count). The minimum atomic E-state index is -0.351. The van der Waals surface area contributed by atoms with Crippen LogP contribution in [0.4, 0.5) is 10.1 Å². The van der Waals surface area contributed by atoms with Crippen LogP contribution in [0, 0.1) is 5.82 Å². The van der Waals surface area contributed by atoms with E-state index < -0.39 is 0 Å². The smallest absolute Gasteiger partial charge is 0.241 e. The highest BCUT2D eigenvalue weighted by Gasteiger charge is 2.23. The highest BCUT2D eigenvalue weighted by molar-refractivity contribution is 5.95. The average Bonchev–Trinajstić information content (AvgIpc) is 3.22. The topological polar surface area (TPSA) is 71.8 Å². The first-order valence-corrected chi connectivity index (χ1v) is 8.98. The maximum Gasteiger partial charge on any atom is 0.241 e. The SMILES string of the molecule is Cl.Cl.O=C(Nc1ccc(F)c(-c2nnc3n2CCCCC3)c1)C1CCCN1. The van der Waals surface area contributed by atoms with Crippen molar-refractivity contribution in [2.45, 2.75) is 51.1 Å². The van der Waals surface area contributed by atoms with Crippen molar-refractivity contribution < 1.29 is 9.18 Å². The van der Waals surface area contributed by atoms with Gasteiger partial charge in [0.2, 0.25) is 5.91 Å². The lowest BCUT2D eigenvalue weighted by Crippen LogP contribution is -2.35. The number of carbonyl (C=O) groups is 1. The lowest BCUT2D eigenvalue weighted by Gasteiger charge is -2.13. The van der Waals surface area contributed by atoms with Gasteiger partial charge in [0, 0.05) is 18.7 Å². The van der Waals surface area contributed by atoms with E-state index in [1.807, 2.05) is 4.57 Å². The minimum Gasteiger partial charge on any atom is -0.325 e. The summed E-state index contributed by atoms with van der Waals surface area (Å²) < 4.78 is 16.4. The quantitative estimate of drug-likeness (QED) is 0.805. The van der Waals surface area contributed by atoms with Gasteiger partial charge in [0.25, 0.3) is 0 Å². The van der Waals surface area contributed by atoms with Gasteiger partial charge in [-0.3, -0.25) is 4.79 Å². The molecule has 2 aromatic rings. The van der Waals surface area contributed by atoms with Gasteiger partial charge >= 0.3 is 0 Å². The number of carbonyl (C=O) groups excluding carboxylic acids is 1. The van der Waals surface area contributed by atoms with Crippen LogP contribution in [0.25, 0.3) is 11.4 Å². The van der Waals surface area contributed by atoms with Gasteiger partial charge in [-0.15, -0.1) is 35.0 Å². The van der Waals surface area contributed by atoms with Crippen LogP contribution in [-0.4, -0.2) is 33.3 Å². The van der Waals surface area contributed by atoms with Crippen LogP contribution < -0.4 is 10.6 Å². The molecule has 148 valence electrons. The third kappa shape index (κ3) is 4.59. The van der Waals surface area contributed by atoms with E-state index in [9.17, 15) is 9.18 Å². The second-order valence-corrected chi connectivity index (χ2v) is 6.73. The third-order valence-electron chi connectivity index (χ3n) is 4.96. The van der Waals surface area contributed by atoms with Crippen LogP contribution >= 0.6 is 24.8 Å². The number of amides is 1. The summed E-state index contributed by atoms with van der Waals surface area (Å²) in [6.45, 7) is 1.67. The summed E-state index contributed by atoms with van der Waals surface area (Å²) in [5.41, 5.74) is 0.971. The van der Waals surface area contributed by atoms with Crippen molar-refractivity contribution >= 4 is 36.4 Å². The first-order chi connectivity index (χ1) is 12.2. The number of anilines is 1. The molecule has 1 fully saturated rings. The predicted molar refractivity (Wildman–Crippen MR) is 107 cm³/mol. The highest BCUT2D eigenvalue weighted by atomic mass is 35.5. The van der Waals surface area contributed by atoms with Crippen LogP contribution in [0.15, 0.2) is 18.2 Å². The lowest BCUT2D eigenvalue weighted by atomic mass is 10.1. The number of nitrogens with one attached hydrogen (secondary N) is 2. The molecule has 0 saturated carbocycles. The zero-order valence-electron chi connectivity index (χ0n) is 14.9. The molecular formula is C18H24Cl2FN5O. The second-order valence-electron chi connectivity index (χ2n) is 6.73. The first-order valence-electron chi connectivity index (χ1n) is 8.98. The zero-order chi connectivity index (χ0) is 17.2. The van der Waals surface area contributed by atoms with Crippen molar-refractivity contribution in [3.63, 3.8) is 0 Å². The Morgan fingerprint density at radius 2 is 2.04 bits per heavy atom. The van der Waals surface area contributed by atoms with Crippen molar-refractivity contribution in [3.8, 4) is 11.4 Å². The molecule has 0 bridgehead atoms. The van der Waals surface area contributed by atoms with Crippen molar-refractivity contribution in [1.82, 2.24) is 20.1 Å². The average molecular weight is 416 g/mol. The van der Waals surface area contributed by atoms with Crippen LogP contribution in [0.1, 0.15) is 37.9 Å². The standard InChI is InChI=1S/C18H22FN5O.2ClH/c19-14-8-7-12(21-18(25)15-5-4-9-20-15)11-13(14)17-23-22-16-6-2-1-3-10-24(16)17;;/h7-8,11,15,20H,1-6,9-10H2,(H,21,25);2*1H. The number of fused-ring (bicyclic) bond motifs is 1. The molecule has 0 spiro atoms. The van der Waals surface area contributed by atoms with Crippen molar-refractivity contribution in [2.24, 2.45) is 0 Å². The van der Waals surface area contributed by atoms with Crippen LogP contribution in [0.2, 0.25) is 0 Å². The van der Waals surface area contributed by atoms with Gasteiger partial charge in [-0.2, -0.15) is 0 Å². The number of nitrogens with zero attached hydrogens (tertiary/aromatic N) is 3. The molecule has 1 unspecified atom stereocenters. The predicted octanol–water partition coefficient (Wildman–Crippen LogP) is 3.34. The van der Waals surface area contributed by atoms with Crippen molar-refractivity contribution in [1.29, 1.82) is 0 Å². The minimum absolute atomic E-state index is 0. The summed E-state index contributed by atoms with van der Waals surface area (Å²) in [5, 5.41) is 14.5. The van der Waals surface area contributed by atoms with E-state index >= 15 is 0 Å². The molecule has 2 aliphatic heterocycles. The third-order valence-corrected chi connectivity index (χ3v) is 4.96. The highest BCUT2D eigenvalue weighted by Crippen LogP contribution is 2.27. The number of aromatic nitrogens is 3. The normalized spacial score (nSPS) is 18.6. The Morgan fingerprint density at radius 1 is 1.19 bits per heavy atom. The van der Waals surface area contributed by atoms with Crippen LogP contribution in [0.5, 0.6) is 0 Å². The molecule has 1 aromatic heterocycles. The van der Waals surface area contributed by atoms with Gasteiger partial charge < -0.3 is 15.2 Å². The van der Waals surface area contributed by atoms with Gasteiger partial charge in [-0.05, 0) is 50.4 Å². The van der Waals surface area contributed by atoms with Gasteiger partial charge in [-0.1, -0.05) is 6.42 Å². The Hall–Kier alpha value is -1.70. The van der Waals surface area contributed by atoms with Crippen LogP contribution in [0.3, 0.4) is 0 Å². The Morgan fingerprint density at radius 3 is 2.81 bits per heavy atom. The summed E-state index contributed by atoms with van der Waals surface area (Å²) in [6, 6.07) is 4.46. The molecule has 0 aliphatic carbocycles. The van der Waals surface area contributed by atoms with E-state index in [-0.39, 0.29) is 42.6 Å². The molecule has 2 N–H and O–H groups in total. The molecule has 0 radical (unpaired) electrons. The fourth-order valence-corrected chi connectivity index (χ4v) is 3.60. The molecular weight excluding hydrogens is 392 g/mol. The summed E-state index contributed by atoms with van der Waals surface area (Å²) in [7, 11) is 0. The van der Waals surface area contributed by atoms with E-state index in [0.29, 0.717) is 17.1 Å². The van der Waals surface area contributed by atoms with Crippen LogP contribution in [-0.2, 0) is 17.8 Å². The number of benzene rings is 1. The van der Waals surface area contributed by atoms with Gasteiger partial charge in [0.15, 0.2) is 5.82 Å². The maximum atomic E-state index is 14.4. The van der Waals surface area contributed by atoms with E-state index in [4.69, 9.17) is 0 Å². The van der Waals surface area contributed by atoms with Gasteiger partial charge in [0.1, 0.15) is 11.6 Å². The van der Waals surface area contributed by atoms with E-state index in [2.05, 4.69) is 20.8 Å². The Bertz CT molecular complexity index is 792. The molecule has 27 heavy (non-hydrogen) atoms. The molecule has 6 nitrogen and oxygen atoms in total. The number of aryl methyl sites for hydroxylation is 1. The summed E-state index contributed by atoms with van der Waals surface area (Å²) in [5.74, 6) is 1.03. The Labute approximate surface area is 170 Å². The second kappa shape index (κ2) is 9.48. The zero-order valence-corrected chi connectivity index (χ0v) is 16.5. The summed E-state index contributed by atoms with van der Waals surface area (Å²) in [6.07, 6.45) is 5.99. The molecule has 1 aromatic carbocycles. The molecule has 2 aliphatic rings. The van der Waals surface area contributed by atoms with Gasteiger partial charge in [0.05, 0.1) is 11.6 Å². The van der Waals surface area contributed by atoms with Crippen molar-refractivity contribution in [2.75, 3.05) is 11.9 Å². The van der Waals surface area contributed by atoms with Gasteiger partial charge in [-0.25, -0.2) is 4.39 Å². The molecule has 1 atom stereocenters.